The number of anilines is 3. The van der Waals surface area contributed by atoms with Crippen molar-refractivity contribution in [1.82, 2.24) is 20.3 Å². The number of piperidine rings is 1. The molecule has 7 nitrogen and oxygen atoms in total. The van der Waals surface area contributed by atoms with Crippen LogP contribution in [0.3, 0.4) is 0 Å². The van der Waals surface area contributed by atoms with Crippen LogP contribution in [0.25, 0.3) is 0 Å². The maximum Gasteiger partial charge on any atom is 0.230 e. The molecule has 0 atom stereocenters. The minimum absolute atomic E-state index is 0.346. The van der Waals surface area contributed by atoms with Crippen LogP contribution in [0.15, 0.2) is 30.6 Å². The zero-order chi connectivity index (χ0) is 18.5. The molecule has 0 radical (unpaired) electrons. The Balaban J connectivity index is 1.56. The van der Waals surface area contributed by atoms with Crippen LogP contribution in [-0.4, -0.2) is 40.1 Å². The molecule has 27 heavy (non-hydrogen) atoms. The SMILES string of the molecule is NC1CCC(Nc2nc(Nc3ccccn3)ncc2C2CCNCC2)CC1. The maximum absolute atomic E-state index is 6.07. The van der Waals surface area contributed by atoms with Crippen LogP contribution in [0.4, 0.5) is 17.6 Å². The Morgan fingerprint density at radius 2 is 1.81 bits per heavy atom. The van der Waals surface area contributed by atoms with Gasteiger partial charge in [0.15, 0.2) is 0 Å². The Labute approximate surface area is 160 Å². The average Bonchev–Trinajstić information content (AvgIpc) is 2.71. The van der Waals surface area contributed by atoms with E-state index in [1.165, 1.54) is 5.56 Å². The lowest BCUT2D eigenvalue weighted by molar-refractivity contribution is 0.409. The van der Waals surface area contributed by atoms with Gasteiger partial charge in [0.05, 0.1) is 0 Å². The first-order valence-corrected chi connectivity index (χ1v) is 10.1. The second-order valence-corrected chi connectivity index (χ2v) is 7.62. The molecule has 7 heteroatoms. The molecule has 2 aromatic rings. The second-order valence-electron chi connectivity index (χ2n) is 7.62. The lowest BCUT2D eigenvalue weighted by Gasteiger charge is -2.30. The van der Waals surface area contributed by atoms with E-state index in [4.69, 9.17) is 10.7 Å². The van der Waals surface area contributed by atoms with E-state index in [0.717, 1.165) is 63.3 Å². The minimum Gasteiger partial charge on any atom is -0.367 e. The van der Waals surface area contributed by atoms with Crippen molar-refractivity contribution in [3.8, 4) is 0 Å². The van der Waals surface area contributed by atoms with Gasteiger partial charge in [-0.1, -0.05) is 6.07 Å². The smallest absolute Gasteiger partial charge is 0.230 e. The summed E-state index contributed by atoms with van der Waals surface area (Å²) in [7, 11) is 0. The van der Waals surface area contributed by atoms with Gasteiger partial charge in [-0.2, -0.15) is 4.98 Å². The fourth-order valence-electron chi connectivity index (χ4n) is 4.01. The van der Waals surface area contributed by atoms with Crippen LogP contribution in [-0.2, 0) is 0 Å². The van der Waals surface area contributed by atoms with Gasteiger partial charge in [-0.05, 0) is 69.7 Å². The van der Waals surface area contributed by atoms with E-state index < -0.39 is 0 Å². The summed E-state index contributed by atoms with van der Waals surface area (Å²) in [6.45, 7) is 2.10. The molecular weight excluding hydrogens is 338 g/mol. The van der Waals surface area contributed by atoms with Crippen LogP contribution in [0.2, 0.25) is 0 Å². The first kappa shape index (κ1) is 18.1. The van der Waals surface area contributed by atoms with E-state index in [1.54, 1.807) is 6.20 Å². The van der Waals surface area contributed by atoms with E-state index in [-0.39, 0.29) is 0 Å². The summed E-state index contributed by atoms with van der Waals surface area (Å²) in [5, 5.41) is 10.4. The summed E-state index contributed by atoms with van der Waals surface area (Å²) < 4.78 is 0. The average molecular weight is 368 g/mol. The molecule has 0 aromatic carbocycles. The molecule has 2 aliphatic rings. The molecule has 5 N–H and O–H groups in total. The molecule has 1 saturated carbocycles. The van der Waals surface area contributed by atoms with E-state index in [9.17, 15) is 0 Å². The van der Waals surface area contributed by atoms with E-state index in [1.807, 2.05) is 24.4 Å². The van der Waals surface area contributed by atoms with Gasteiger partial charge in [0.25, 0.3) is 0 Å². The van der Waals surface area contributed by atoms with E-state index >= 15 is 0 Å². The van der Waals surface area contributed by atoms with Crippen molar-refractivity contribution < 1.29 is 0 Å². The van der Waals surface area contributed by atoms with Crippen molar-refractivity contribution in [2.24, 2.45) is 5.73 Å². The molecule has 2 fully saturated rings. The highest BCUT2D eigenvalue weighted by Crippen LogP contribution is 2.32. The zero-order valence-corrected chi connectivity index (χ0v) is 15.7. The van der Waals surface area contributed by atoms with Gasteiger partial charge >= 0.3 is 0 Å². The van der Waals surface area contributed by atoms with Crippen LogP contribution in [0.5, 0.6) is 0 Å². The topological polar surface area (TPSA) is 101 Å². The normalized spacial score (nSPS) is 23.7. The molecule has 1 aliphatic heterocycles. The molecule has 0 bridgehead atoms. The Bertz CT molecular complexity index is 722. The third kappa shape index (κ3) is 4.73. The number of nitrogens with two attached hydrogens (primary N) is 1. The summed E-state index contributed by atoms with van der Waals surface area (Å²) >= 11 is 0. The molecule has 3 heterocycles. The third-order valence-corrected chi connectivity index (χ3v) is 5.61. The fourth-order valence-corrected chi connectivity index (χ4v) is 4.01. The quantitative estimate of drug-likeness (QED) is 0.644. The molecule has 0 spiro atoms. The van der Waals surface area contributed by atoms with Gasteiger partial charge in [0.1, 0.15) is 11.6 Å². The molecule has 2 aromatic heterocycles. The van der Waals surface area contributed by atoms with Gasteiger partial charge in [0.2, 0.25) is 5.95 Å². The summed E-state index contributed by atoms with van der Waals surface area (Å²) in [4.78, 5) is 13.7. The van der Waals surface area contributed by atoms with E-state index in [2.05, 4.69) is 25.9 Å². The second kappa shape index (κ2) is 8.63. The molecular formula is C20H29N7. The summed E-state index contributed by atoms with van der Waals surface area (Å²) in [6.07, 6.45) is 10.3. The predicted octanol–water partition coefficient (Wildman–Crippen LogP) is 2.76. The number of hydrogen-bond donors (Lipinski definition) is 4. The van der Waals surface area contributed by atoms with Gasteiger partial charge < -0.3 is 21.7 Å². The largest absolute Gasteiger partial charge is 0.367 e. The predicted molar refractivity (Wildman–Crippen MR) is 108 cm³/mol. The zero-order valence-electron chi connectivity index (χ0n) is 15.7. The molecule has 0 amide bonds. The third-order valence-electron chi connectivity index (χ3n) is 5.61. The van der Waals surface area contributed by atoms with Crippen molar-refractivity contribution in [3.63, 3.8) is 0 Å². The fraction of sp³-hybridized carbons (Fsp3) is 0.550. The Hall–Kier alpha value is -2.25. The van der Waals surface area contributed by atoms with Gasteiger partial charge in [0, 0.05) is 30.0 Å². The first-order chi connectivity index (χ1) is 13.3. The maximum atomic E-state index is 6.07. The summed E-state index contributed by atoms with van der Waals surface area (Å²) in [5.74, 6) is 2.81. The van der Waals surface area contributed by atoms with Gasteiger partial charge in [-0.15, -0.1) is 0 Å². The highest BCUT2D eigenvalue weighted by Gasteiger charge is 2.24. The Kier molecular flexibility index (Phi) is 5.79. The minimum atomic E-state index is 0.346. The molecule has 4 rings (SSSR count). The van der Waals surface area contributed by atoms with Crippen molar-refractivity contribution in [2.45, 2.75) is 56.5 Å². The Morgan fingerprint density at radius 3 is 2.56 bits per heavy atom. The van der Waals surface area contributed by atoms with Gasteiger partial charge in [-0.25, -0.2) is 9.97 Å². The van der Waals surface area contributed by atoms with Crippen molar-refractivity contribution in [3.05, 3.63) is 36.2 Å². The standard InChI is InChI=1S/C20H29N7/c21-15-4-6-16(7-5-15)25-19-17(14-8-11-22-12-9-14)13-24-20(27-19)26-18-3-1-2-10-23-18/h1-3,10,13-16,22H,4-9,11-12,21H2,(H2,23,24,25,26,27). The number of hydrogen-bond acceptors (Lipinski definition) is 7. The summed E-state index contributed by atoms with van der Waals surface area (Å²) in [5.41, 5.74) is 7.30. The van der Waals surface area contributed by atoms with Crippen LogP contribution >= 0.6 is 0 Å². The van der Waals surface area contributed by atoms with Crippen molar-refractivity contribution >= 4 is 17.6 Å². The van der Waals surface area contributed by atoms with Crippen molar-refractivity contribution in [2.75, 3.05) is 23.7 Å². The van der Waals surface area contributed by atoms with Crippen LogP contribution < -0.4 is 21.7 Å². The Morgan fingerprint density at radius 1 is 1.00 bits per heavy atom. The number of nitrogens with one attached hydrogen (secondary N) is 3. The lowest BCUT2D eigenvalue weighted by atomic mass is 9.89. The highest BCUT2D eigenvalue weighted by atomic mass is 15.2. The lowest BCUT2D eigenvalue weighted by Crippen LogP contribution is -2.34. The van der Waals surface area contributed by atoms with Gasteiger partial charge in [-0.3, -0.25) is 0 Å². The molecule has 144 valence electrons. The van der Waals surface area contributed by atoms with Crippen LogP contribution in [0, 0.1) is 0 Å². The number of nitrogens with zero attached hydrogens (tertiary/aromatic N) is 3. The molecule has 1 saturated heterocycles. The number of aromatic nitrogens is 3. The van der Waals surface area contributed by atoms with Crippen LogP contribution in [0.1, 0.15) is 50.0 Å². The monoisotopic (exact) mass is 367 g/mol. The molecule has 1 aliphatic carbocycles. The number of pyridine rings is 1. The summed E-state index contributed by atoms with van der Waals surface area (Å²) in [6, 6.07) is 6.54. The number of rotatable bonds is 5. The molecule has 0 unspecified atom stereocenters. The van der Waals surface area contributed by atoms with E-state index in [0.29, 0.717) is 23.9 Å². The first-order valence-electron chi connectivity index (χ1n) is 10.1. The highest BCUT2D eigenvalue weighted by molar-refractivity contribution is 5.54. The van der Waals surface area contributed by atoms with Crippen molar-refractivity contribution in [1.29, 1.82) is 0 Å².